The number of hydrogen-bond acceptors (Lipinski definition) is 5. The van der Waals surface area contributed by atoms with Crippen molar-refractivity contribution in [1.29, 1.82) is 0 Å². The van der Waals surface area contributed by atoms with Crippen molar-refractivity contribution in [2.45, 2.75) is 24.0 Å². The predicted molar refractivity (Wildman–Crippen MR) is 126 cm³/mol. The third-order valence-electron chi connectivity index (χ3n) is 4.54. The molecule has 1 amide bonds. The highest BCUT2D eigenvalue weighted by molar-refractivity contribution is 7.92. The predicted octanol–water partition coefficient (Wildman–Crippen LogP) is 4.06. The molecule has 0 fully saturated rings. The van der Waals surface area contributed by atoms with Gasteiger partial charge in [-0.05, 0) is 60.5 Å². The lowest BCUT2D eigenvalue weighted by atomic mass is 10.1. The molecule has 0 aliphatic carbocycles. The maximum atomic E-state index is 12.6. The summed E-state index contributed by atoms with van der Waals surface area (Å²) in [5.74, 6) is -0.588. The second-order valence-electron chi connectivity index (χ2n) is 7.22. The van der Waals surface area contributed by atoms with E-state index in [1.54, 1.807) is 73.7 Å². The number of carbonyl (C=O) groups excluding carboxylic acids is 1. The van der Waals surface area contributed by atoms with Gasteiger partial charge >= 0.3 is 0 Å². The van der Waals surface area contributed by atoms with Crippen molar-refractivity contribution in [2.75, 3.05) is 15.8 Å². The summed E-state index contributed by atoms with van der Waals surface area (Å²) in [7, 11) is -6.92. The molecule has 0 aliphatic heterocycles. The second kappa shape index (κ2) is 9.97. The van der Waals surface area contributed by atoms with Gasteiger partial charge in [0.05, 0.1) is 16.4 Å². The number of carbonyl (C=O) groups is 1. The van der Waals surface area contributed by atoms with Crippen LogP contribution < -0.4 is 10.0 Å². The van der Waals surface area contributed by atoms with Crippen molar-refractivity contribution in [3.05, 3.63) is 90.0 Å². The van der Waals surface area contributed by atoms with Gasteiger partial charge in [-0.15, -0.1) is 0 Å². The van der Waals surface area contributed by atoms with Crippen molar-refractivity contribution in [1.82, 2.24) is 0 Å². The number of benzene rings is 3. The summed E-state index contributed by atoms with van der Waals surface area (Å²) in [5, 5.41) is 2.73. The Morgan fingerprint density at radius 1 is 0.812 bits per heavy atom. The Kier molecular flexibility index (Phi) is 7.32. The lowest BCUT2D eigenvalue weighted by Crippen LogP contribution is -2.16. The fraction of sp³-hybridized carbons (Fsp3) is 0.174. The van der Waals surface area contributed by atoms with Gasteiger partial charge in [0.15, 0.2) is 9.84 Å². The minimum absolute atomic E-state index is 0.0296. The Labute approximate surface area is 188 Å². The number of hydrogen-bond donors (Lipinski definition) is 2. The molecule has 32 heavy (non-hydrogen) atoms. The van der Waals surface area contributed by atoms with E-state index >= 15 is 0 Å². The highest BCUT2D eigenvalue weighted by Gasteiger charge is 2.16. The summed E-state index contributed by atoms with van der Waals surface area (Å²) in [6.07, 6.45) is 0.509. The maximum Gasteiger partial charge on any atom is 0.255 e. The maximum absolute atomic E-state index is 12.6. The van der Waals surface area contributed by atoms with E-state index in [9.17, 15) is 21.6 Å². The van der Waals surface area contributed by atoms with Gasteiger partial charge < -0.3 is 5.32 Å². The Hall–Kier alpha value is -3.17. The van der Waals surface area contributed by atoms with Crippen LogP contribution in [0.2, 0.25) is 0 Å². The molecule has 2 N–H and O–H groups in total. The Bertz CT molecular complexity index is 1290. The van der Waals surface area contributed by atoms with E-state index in [1.165, 1.54) is 12.1 Å². The molecule has 3 aromatic carbocycles. The van der Waals surface area contributed by atoms with E-state index in [4.69, 9.17) is 0 Å². The third-order valence-corrected chi connectivity index (χ3v) is 7.73. The molecule has 7 nitrogen and oxygen atoms in total. The van der Waals surface area contributed by atoms with E-state index in [-0.39, 0.29) is 16.4 Å². The summed E-state index contributed by atoms with van der Waals surface area (Å²) in [5.41, 5.74) is 1.71. The van der Waals surface area contributed by atoms with Crippen molar-refractivity contribution in [3.8, 4) is 0 Å². The molecule has 0 aliphatic rings. The van der Waals surface area contributed by atoms with Crippen LogP contribution in [0.1, 0.15) is 29.3 Å². The summed E-state index contributed by atoms with van der Waals surface area (Å²) >= 11 is 0. The van der Waals surface area contributed by atoms with Crippen LogP contribution in [0.4, 0.5) is 11.4 Å². The summed E-state index contributed by atoms with van der Waals surface area (Å²) < 4.78 is 51.4. The van der Waals surface area contributed by atoms with E-state index < -0.39 is 25.8 Å². The van der Waals surface area contributed by atoms with E-state index in [0.29, 0.717) is 28.9 Å². The number of sulfone groups is 1. The number of sulfonamides is 1. The number of nitrogens with one attached hydrogen (secondary N) is 2. The second-order valence-corrected chi connectivity index (χ2v) is 11.1. The minimum Gasteiger partial charge on any atom is -0.322 e. The molecule has 0 aromatic heterocycles. The molecule has 0 saturated carbocycles. The van der Waals surface area contributed by atoms with Crippen LogP contribution in [-0.4, -0.2) is 28.5 Å². The Morgan fingerprint density at radius 2 is 1.47 bits per heavy atom. The first-order valence-corrected chi connectivity index (χ1v) is 13.3. The molecule has 0 saturated heterocycles. The fourth-order valence-corrected chi connectivity index (χ4v) is 5.55. The van der Waals surface area contributed by atoms with E-state index in [2.05, 4.69) is 10.0 Å². The lowest BCUT2D eigenvalue weighted by molar-refractivity contribution is 0.102. The summed E-state index contributed by atoms with van der Waals surface area (Å²) in [6.45, 7) is 1.78. The smallest absolute Gasteiger partial charge is 0.255 e. The molecule has 3 rings (SSSR count). The van der Waals surface area contributed by atoms with Gasteiger partial charge in [0, 0.05) is 16.9 Å². The van der Waals surface area contributed by atoms with Gasteiger partial charge in [-0.1, -0.05) is 37.3 Å². The van der Waals surface area contributed by atoms with Crippen LogP contribution in [-0.2, 0) is 25.6 Å². The molecule has 168 valence electrons. The molecule has 0 heterocycles. The lowest BCUT2D eigenvalue weighted by Gasteiger charge is -2.10. The first-order valence-electron chi connectivity index (χ1n) is 9.97. The van der Waals surface area contributed by atoms with E-state index in [1.807, 2.05) is 0 Å². The Balaban J connectivity index is 1.68. The first kappa shape index (κ1) is 23.5. The molecular formula is C23H24N2O5S2. The monoisotopic (exact) mass is 472 g/mol. The van der Waals surface area contributed by atoms with Crippen LogP contribution in [0.25, 0.3) is 0 Å². The van der Waals surface area contributed by atoms with Gasteiger partial charge in [-0.25, -0.2) is 16.8 Å². The average Bonchev–Trinajstić information content (AvgIpc) is 2.75. The molecule has 0 bridgehead atoms. The van der Waals surface area contributed by atoms with Crippen LogP contribution in [0.5, 0.6) is 0 Å². The number of rotatable bonds is 9. The molecule has 9 heteroatoms. The minimum atomic E-state index is -3.53. The average molecular weight is 473 g/mol. The zero-order valence-electron chi connectivity index (χ0n) is 17.5. The van der Waals surface area contributed by atoms with Gasteiger partial charge in [-0.2, -0.15) is 0 Å². The highest BCUT2D eigenvalue weighted by atomic mass is 32.2. The quantitative estimate of drug-likeness (QED) is 0.488. The van der Waals surface area contributed by atoms with Gasteiger partial charge in [0.25, 0.3) is 5.91 Å². The highest BCUT2D eigenvalue weighted by Crippen LogP contribution is 2.19. The molecule has 0 radical (unpaired) electrons. The van der Waals surface area contributed by atoms with Crippen LogP contribution >= 0.6 is 0 Å². The first-order chi connectivity index (χ1) is 15.2. The molecule has 3 aromatic rings. The standard InChI is InChI=1S/C23H24N2O5S2/c1-2-15-32(29,30)25-21-13-11-20(12-14-21)24-23(26)19-8-6-7-18(16-19)17-31(27,28)22-9-4-3-5-10-22/h3-14,16,25H,2,15,17H2,1H3,(H,24,26). The molecule has 0 unspecified atom stereocenters. The molecule has 0 atom stereocenters. The number of amides is 1. The van der Waals surface area contributed by atoms with Crippen molar-refractivity contribution < 1.29 is 21.6 Å². The number of anilines is 2. The normalized spacial score (nSPS) is 11.7. The van der Waals surface area contributed by atoms with Crippen molar-refractivity contribution in [3.63, 3.8) is 0 Å². The molecule has 0 spiro atoms. The fourth-order valence-electron chi connectivity index (χ4n) is 3.06. The van der Waals surface area contributed by atoms with Gasteiger partial charge in [-0.3, -0.25) is 9.52 Å². The topological polar surface area (TPSA) is 109 Å². The van der Waals surface area contributed by atoms with Crippen LogP contribution in [0, 0.1) is 0 Å². The molecular weight excluding hydrogens is 448 g/mol. The van der Waals surface area contributed by atoms with Crippen LogP contribution in [0.3, 0.4) is 0 Å². The third kappa shape index (κ3) is 6.41. The summed E-state index contributed by atoms with van der Waals surface area (Å²) in [6, 6.07) is 20.9. The SMILES string of the molecule is CCCS(=O)(=O)Nc1ccc(NC(=O)c2cccc(CS(=O)(=O)c3ccccc3)c2)cc1. The van der Waals surface area contributed by atoms with Gasteiger partial charge in [0.2, 0.25) is 10.0 Å². The summed E-state index contributed by atoms with van der Waals surface area (Å²) in [4.78, 5) is 12.9. The van der Waals surface area contributed by atoms with Crippen LogP contribution in [0.15, 0.2) is 83.8 Å². The largest absolute Gasteiger partial charge is 0.322 e. The van der Waals surface area contributed by atoms with Gasteiger partial charge in [0.1, 0.15) is 0 Å². The zero-order valence-corrected chi connectivity index (χ0v) is 19.1. The van der Waals surface area contributed by atoms with Crippen molar-refractivity contribution >= 4 is 37.1 Å². The zero-order chi connectivity index (χ0) is 23.2. The van der Waals surface area contributed by atoms with E-state index in [0.717, 1.165) is 0 Å². The Morgan fingerprint density at radius 3 is 2.12 bits per heavy atom. The van der Waals surface area contributed by atoms with Crippen molar-refractivity contribution in [2.24, 2.45) is 0 Å².